The van der Waals surface area contributed by atoms with Crippen molar-refractivity contribution in [2.24, 2.45) is 17.3 Å². The second-order valence-corrected chi connectivity index (χ2v) is 11.9. The van der Waals surface area contributed by atoms with Crippen molar-refractivity contribution < 1.29 is 34.0 Å². The van der Waals surface area contributed by atoms with Gasteiger partial charge in [-0.2, -0.15) is 0 Å². The van der Waals surface area contributed by atoms with Gasteiger partial charge in [-0.1, -0.05) is 36.3 Å². The monoisotopic (exact) mass is 508 g/mol. The lowest BCUT2D eigenvalue weighted by molar-refractivity contribution is -0.0661. The molecule has 0 radical (unpaired) electrons. The van der Waals surface area contributed by atoms with Gasteiger partial charge in [0.25, 0.3) is 0 Å². The summed E-state index contributed by atoms with van der Waals surface area (Å²) in [6, 6.07) is 0. The van der Waals surface area contributed by atoms with Gasteiger partial charge in [-0.15, -0.1) is 0 Å². The van der Waals surface area contributed by atoms with Gasteiger partial charge in [0.05, 0.1) is 18.8 Å². The highest BCUT2D eigenvalue weighted by Gasteiger charge is 2.55. The van der Waals surface area contributed by atoms with E-state index >= 15 is 4.39 Å². The Kier molecular flexibility index (Phi) is 9.11. The molecule has 3 aliphatic rings. The van der Waals surface area contributed by atoms with Crippen LogP contribution in [0.2, 0.25) is 0 Å². The van der Waals surface area contributed by atoms with Gasteiger partial charge in [0.1, 0.15) is 17.4 Å². The number of allylic oxidation sites excluding steroid dienone is 4. The molecule has 7 atom stereocenters. The maximum atomic E-state index is 16.2. The number of carbonyl (C=O) groups excluding carboxylic acids is 1. The number of ether oxygens (including phenoxy) is 2. The third-order valence-electron chi connectivity index (χ3n) is 8.64. The Morgan fingerprint density at radius 1 is 1.19 bits per heavy atom. The van der Waals surface area contributed by atoms with Gasteiger partial charge in [0, 0.05) is 5.92 Å². The average molecular weight is 509 g/mol. The number of aliphatic hydroxyl groups is 3. The molecule has 3 saturated carbocycles. The molecule has 0 aromatic rings. The molecule has 0 heterocycles. The van der Waals surface area contributed by atoms with E-state index in [4.69, 9.17) is 9.47 Å². The van der Waals surface area contributed by atoms with E-state index in [-0.39, 0.29) is 23.9 Å². The standard InChI is InChI=1S/C29H45FO6/c1-6-35-26(34)36-27(2,3)25(33)13-15-29(5,30)24-12-11-23-20(8-7-14-28(23,24)4)10-9-19-16-21(31)18-22(32)17-19/h9-10,13,15,21-25,31-33H,6-8,11-12,14,16-18H2,1-5H3/b15-13+,20-10+/t21-,22-,23+,24+,25-,28+,29+/m1/s1. The van der Waals surface area contributed by atoms with Crippen molar-refractivity contribution in [1.82, 2.24) is 0 Å². The largest absolute Gasteiger partial charge is 0.508 e. The van der Waals surface area contributed by atoms with Gasteiger partial charge in [0.2, 0.25) is 0 Å². The zero-order valence-corrected chi connectivity index (χ0v) is 22.5. The topological polar surface area (TPSA) is 96.2 Å². The third-order valence-corrected chi connectivity index (χ3v) is 8.64. The normalized spacial score (nSPS) is 34.8. The van der Waals surface area contributed by atoms with Gasteiger partial charge in [-0.05, 0) is 96.5 Å². The number of aliphatic hydroxyl groups excluding tert-OH is 3. The quantitative estimate of drug-likeness (QED) is 0.308. The fraction of sp³-hybridized carbons (Fsp3) is 0.759. The van der Waals surface area contributed by atoms with Gasteiger partial charge in [-0.3, -0.25) is 0 Å². The minimum absolute atomic E-state index is 0.169. The van der Waals surface area contributed by atoms with Crippen LogP contribution in [0.1, 0.15) is 86.0 Å². The maximum absolute atomic E-state index is 16.2. The Morgan fingerprint density at radius 2 is 1.86 bits per heavy atom. The minimum Gasteiger partial charge on any atom is -0.435 e. The minimum atomic E-state index is -1.64. The molecule has 0 aromatic carbocycles. The van der Waals surface area contributed by atoms with E-state index in [1.54, 1.807) is 27.7 Å². The summed E-state index contributed by atoms with van der Waals surface area (Å²) >= 11 is 0. The summed E-state index contributed by atoms with van der Waals surface area (Å²) in [5.41, 5.74) is -0.699. The van der Waals surface area contributed by atoms with E-state index in [9.17, 15) is 20.1 Å². The molecule has 0 spiro atoms. The van der Waals surface area contributed by atoms with Crippen LogP contribution in [0.4, 0.5) is 9.18 Å². The number of halogens is 1. The van der Waals surface area contributed by atoms with Crippen LogP contribution in [0, 0.1) is 17.3 Å². The van der Waals surface area contributed by atoms with Crippen LogP contribution >= 0.6 is 0 Å². The van der Waals surface area contributed by atoms with Crippen LogP contribution in [0.5, 0.6) is 0 Å². The average Bonchev–Trinajstić information content (AvgIpc) is 3.13. The molecule has 3 aliphatic carbocycles. The zero-order chi connectivity index (χ0) is 26.7. The second kappa shape index (κ2) is 11.4. The molecule has 0 aromatic heterocycles. The van der Waals surface area contributed by atoms with Crippen LogP contribution in [0.3, 0.4) is 0 Å². The Labute approximate surface area is 215 Å². The van der Waals surface area contributed by atoms with Crippen molar-refractivity contribution in [3.8, 4) is 0 Å². The lowest BCUT2D eigenvalue weighted by atomic mass is 9.60. The van der Waals surface area contributed by atoms with Crippen molar-refractivity contribution in [3.63, 3.8) is 0 Å². The van der Waals surface area contributed by atoms with E-state index in [0.717, 1.165) is 37.7 Å². The van der Waals surface area contributed by atoms with Crippen LogP contribution in [0.25, 0.3) is 0 Å². The first kappa shape index (κ1) is 28.9. The Bertz CT molecular complexity index is 863. The Morgan fingerprint density at radius 3 is 2.50 bits per heavy atom. The Hall–Kier alpha value is -1.70. The van der Waals surface area contributed by atoms with E-state index in [1.165, 1.54) is 17.7 Å². The van der Waals surface area contributed by atoms with Crippen LogP contribution in [-0.4, -0.2) is 57.7 Å². The van der Waals surface area contributed by atoms with Crippen molar-refractivity contribution in [1.29, 1.82) is 0 Å². The van der Waals surface area contributed by atoms with Crippen molar-refractivity contribution in [3.05, 3.63) is 35.5 Å². The number of hydrogen-bond donors (Lipinski definition) is 3. The summed E-state index contributed by atoms with van der Waals surface area (Å²) in [4.78, 5) is 11.7. The van der Waals surface area contributed by atoms with Crippen molar-refractivity contribution >= 4 is 6.16 Å². The molecule has 3 N–H and O–H groups in total. The summed E-state index contributed by atoms with van der Waals surface area (Å²) in [7, 11) is 0. The molecular formula is C29H45FO6. The molecule has 0 unspecified atom stereocenters. The highest BCUT2D eigenvalue weighted by molar-refractivity contribution is 5.60. The smallest absolute Gasteiger partial charge is 0.435 e. The fourth-order valence-corrected chi connectivity index (χ4v) is 6.75. The lowest BCUT2D eigenvalue weighted by Gasteiger charge is -2.45. The summed E-state index contributed by atoms with van der Waals surface area (Å²) in [6.07, 6.45) is 10.2. The van der Waals surface area contributed by atoms with Gasteiger partial charge in [-0.25, -0.2) is 9.18 Å². The maximum Gasteiger partial charge on any atom is 0.508 e. The molecule has 204 valence electrons. The Balaban J connectivity index is 1.73. The summed E-state index contributed by atoms with van der Waals surface area (Å²) in [5.74, 6) is 0.0748. The molecule has 0 aliphatic heterocycles. The number of hydrogen-bond acceptors (Lipinski definition) is 6. The molecule has 3 fully saturated rings. The first-order chi connectivity index (χ1) is 16.8. The number of fused-ring (bicyclic) bond motifs is 1. The SMILES string of the molecule is CCOC(=O)OC(C)(C)[C@H](O)/C=C/[C@](C)(F)[C@H]1CC[C@H]2/C(=C/C=C3C[C@@H](O)C[C@H](O)C3)CCC[C@@]21C. The van der Waals surface area contributed by atoms with Gasteiger partial charge < -0.3 is 24.8 Å². The predicted molar refractivity (Wildman–Crippen MR) is 137 cm³/mol. The van der Waals surface area contributed by atoms with Gasteiger partial charge >= 0.3 is 6.16 Å². The molecule has 3 rings (SSSR count). The molecule has 6 nitrogen and oxygen atoms in total. The van der Waals surface area contributed by atoms with E-state index in [2.05, 4.69) is 19.1 Å². The first-order valence-electron chi connectivity index (χ1n) is 13.4. The second-order valence-electron chi connectivity index (χ2n) is 11.9. The van der Waals surface area contributed by atoms with Crippen LogP contribution in [-0.2, 0) is 9.47 Å². The number of alkyl halides is 1. The van der Waals surface area contributed by atoms with Crippen LogP contribution < -0.4 is 0 Å². The number of rotatable bonds is 7. The fourth-order valence-electron chi connectivity index (χ4n) is 6.75. The summed E-state index contributed by atoms with van der Waals surface area (Å²) < 4.78 is 26.2. The molecule has 7 heteroatoms. The lowest BCUT2D eigenvalue weighted by Crippen LogP contribution is -2.43. The molecule has 0 saturated heterocycles. The number of carbonyl (C=O) groups is 1. The third kappa shape index (κ3) is 6.59. The molecule has 0 bridgehead atoms. The van der Waals surface area contributed by atoms with E-state index < -0.39 is 35.7 Å². The van der Waals surface area contributed by atoms with Crippen molar-refractivity contribution in [2.75, 3.05) is 6.61 Å². The first-order valence-corrected chi connectivity index (χ1v) is 13.4. The highest BCUT2D eigenvalue weighted by atomic mass is 19.1. The van der Waals surface area contributed by atoms with E-state index in [1.807, 2.05) is 0 Å². The van der Waals surface area contributed by atoms with E-state index in [0.29, 0.717) is 19.3 Å². The van der Waals surface area contributed by atoms with Crippen LogP contribution in [0.15, 0.2) is 35.5 Å². The molecular weight excluding hydrogens is 463 g/mol. The highest BCUT2D eigenvalue weighted by Crippen LogP contribution is 2.61. The predicted octanol–water partition coefficient (Wildman–Crippen LogP) is 5.56. The summed E-state index contributed by atoms with van der Waals surface area (Å²) in [5, 5.41) is 30.6. The molecule has 0 amide bonds. The summed E-state index contributed by atoms with van der Waals surface area (Å²) in [6.45, 7) is 8.75. The molecule has 36 heavy (non-hydrogen) atoms. The zero-order valence-electron chi connectivity index (χ0n) is 22.5. The van der Waals surface area contributed by atoms with Crippen molar-refractivity contribution in [2.45, 2.75) is 116 Å². The van der Waals surface area contributed by atoms with Gasteiger partial charge in [0.15, 0.2) is 0 Å².